The van der Waals surface area contributed by atoms with Crippen molar-refractivity contribution in [3.63, 3.8) is 0 Å². The summed E-state index contributed by atoms with van der Waals surface area (Å²) in [6.07, 6.45) is 4.32. The Bertz CT molecular complexity index is 1080. The van der Waals surface area contributed by atoms with Gasteiger partial charge in [0.2, 0.25) is 21.8 Å². The summed E-state index contributed by atoms with van der Waals surface area (Å²) in [5.74, 6) is -0.0324. The van der Waals surface area contributed by atoms with E-state index in [0.29, 0.717) is 31.1 Å². The molecular weight excluding hydrogens is 434 g/mol. The van der Waals surface area contributed by atoms with Crippen LogP contribution >= 0.6 is 0 Å². The highest BCUT2D eigenvalue weighted by atomic mass is 32.2. The van der Waals surface area contributed by atoms with E-state index in [1.807, 2.05) is 0 Å². The number of carbonyl (C=O) groups is 2. The fourth-order valence-corrected chi connectivity index (χ4v) is 5.67. The number of methoxy groups -OCH3 is 1. The first kappa shape index (κ1) is 22.3. The first-order valence-electron chi connectivity index (χ1n) is 10.7. The maximum Gasteiger partial charge on any atom is 0.243 e. The molecule has 0 bridgehead atoms. The second kappa shape index (κ2) is 9.33. The lowest BCUT2D eigenvalue weighted by atomic mass is 10.1. The summed E-state index contributed by atoms with van der Waals surface area (Å²) >= 11 is 0. The van der Waals surface area contributed by atoms with Crippen molar-refractivity contribution in [2.45, 2.75) is 37.1 Å². The van der Waals surface area contributed by atoms with Crippen LogP contribution in [-0.2, 0) is 26.2 Å². The molecule has 1 N–H and O–H groups in total. The quantitative estimate of drug-likeness (QED) is 0.678. The Labute approximate surface area is 187 Å². The van der Waals surface area contributed by atoms with E-state index >= 15 is 0 Å². The van der Waals surface area contributed by atoms with E-state index in [1.165, 1.54) is 35.9 Å². The largest absolute Gasteiger partial charge is 0.495 e. The van der Waals surface area contributed by atoms with Gasteiger partial charge in [-0.1, -0.05) is 6.42 Å². The lowest BCUT2D eigenvalue weighted by molar-refractivity contribution is -0.128. The molecule has 10 heteroatoms. The molecule has 3 heterocycles. The summed E-state index contributed by atoms with van der Waals surface area (Å²) < 4.78 is 38.1. The van der Waals surface area contributed by atoms with Crippen molar-refractivity contribution in [1.29, 1.82) is 0 Å². The van der Waals surface area contributed by atoms with E-state index in [2.05, 4.69) is 5.32 Å². The van der Waals surface area contributed by atoms with Gasteiger partial charge >= 0.3 is 0 Å². The van der Waals surface area contributed by atoms with E-state index in [1.54, 1.807) is 17.0 Å². The number of benzene rings is 1. The molecule has 2 aliphatic heterocycles. The summed E-state index contributed by atoms with van der Waals surface area (Å²) in [6, 6.07) is 7.98. The van der Waals surface area contributed by atoms with Crippen LogP contribution in [0, 0.1) is 5.92 Å². The Morgan fingerprint density at radius 2 is 2.00 bits per heavy atom. The maximum atomic E-state index is 13.0. The van der Waals surface area contributed by atoms with Gasteiger partial charge in [-0.2, -0.15) is 4.31 Å². The van der Waals surface area contributed by atoms with Gasteiger partial charge in [0.15, 0.2) is 0 Å². The first-order chi connectivity index (χ1) is 15.4. The number of likely N-dealkylation sites (tertiary alicyclic amines) is 1. The Hall–Kier alpha value is -2.85. The number of nitrogens with zero attached hydrogens (tertiary/aromatic N) is 2. The third-order valence-electron chi connectivity index (χ3n) is 5.89. The first-order valence-corrected chi connectivity index (χ1v) is 12.1. The van der Waals surface area contributed by atoms with E-state index in [4.69, 9.17) is 9.15 Å². The minimum Gasteiger partial charge on any atom is -0.495 e. The third-order valence-corrected chi connectivity index (χ3v) is 7.79. The highest BCUT2D eigenvalue weighted by molar-refractivity contribution is 7.89. The van der Waals surface area contributed by atoms with Crippen molar-refractivity contribution in [2.24, 2.45) is 5.92 Å². The molecule has 2 saturated heterocycles. The number of sulfonamides is 1. The van der Waals surface area contributed by atoms with Crippen LogP contribution in [0.25, 0.3) is 0 Å². The maximum absolute atomic E-state index is 13.0. The summed E-state index contributed by atoms with van der Waals surface area (Å²) in [4.78, 5) is 26.9. The van der Waals surface area contributed by atoms with Crippen molar-refractivity contribution in [1.82, 2.24) is 9.21 Å². The number of nitrogens with one attached hydrogen (secondary N) is 1. The molecule has 0 spiro atoms. The number of furan rings is 1. The van der Waals surface area contributed by atoms with Crippen molar-refractivity contribution < 1.29 is 27.2 Å². The summed E-state index contributed by atoms with van der Waals surface area (Å²) in [5.41, 5.74) is 0.271. The number of amides is 2. The number of ether oxygens (including phenoxy) is 1. The predicted octanol–water partition coefficient (Wildman–Crippen LogP) is 2.45. The molecular formula is C22H27N3O6S. The number of hydrogen-bond donors (Lipinski definition) is 1. The van der Waals surface area contributed by atoms with Crippen LogP contribution in [0.2, 0.25) is 0 Å². The van der Waals surface area contributed by atoms with Gasteiger partial charge in [0, 0.05) is 26.1 Å². The molecule has 2 fully saturated rings. The SMILES string of the molecule is COc1ccc(S(=O)(=O)N2CCCCC2)cc1NC(=O)[C@H]1CC(=O)N(Cc2ccco2)C1. The fourth-order valence-electron chi connectivity index (χ4n) is 4.13. The van der Waals surface area contributed by atoms with Crippen LogP contribution < -0.4 is 10.1 Å². The number of anilines is 1. The highest BCUT2D eigenvalue weighted by Crippen LogP contribution is 2.31. The van der Waals surface area contributed by atoms with Crippen LogP contribution in [0.15, 0.2) is 45.9 Å². The topological polar surface area (TPSA) is 109 Å². The molecule has 172 valence electrons. The molecule has 9 nitrogen and oxygen atoms in total. The fraction of sp³-hybridized carbons (Fsp3) is 0.455. The van der Waals surface area contributed by atoms with Crippen LogP contribution in [0.5, 0.6) is 5.75 Å². The molecule has 2 aliphatic rings. The van der Waals surface area contributed by atoms with Gasteiger partial charge in [0.1, 0.15) is 11.5 Å². The lowest BCUT2D eigenvalue weighted by Gasteiger charge is -2.26. The van der Waals surface area contributed by atoms with Crippen molar-refractivity contribution >= 4 is 27.5 Å². The van der Waals surface area contributed by atoms with Crippen LogP contribution in [0.1, 0.15) is 31.4 Å². The second-order valence-corrected chi connectivity index (χ2v) is 10.0. The number of hydrogen-bond acceptors (Lipinski definition) is 6. The molecule has 4 rings (SSSR count). The Morgan fingerprint density at radius 3 is 2.69 bits per heavy atom. The van der Waals surface area contributed by atoms with Gasteiger partial charge in [-0.25, -0.2) is 8.42 Å². The van der Waals surface area contributed by atoms with E-state index in [0.717, 1.165) is 19.3 Å². The summed E-state index contributed by atoms with van der Waals surface area (Å²) in [5, 5.41) is 2.77. The van der Waals surface area contributed by atoms with Crippen LogP contribution in [0.3, 0.4) is 0 Å². The minimum atomic E-state index is -3.66. The Morgan fingerprint density at radius 1 is 1.22 bits per heavy atom. The molecule has 32 heavy (non-hydrogen) atoms. The van der Waals surface area contributed by atoms with Crippen molar-refractivity contribution in [2.75, 3.05) is 32.1 Å². The Balaban J connectivity index is 1.49. The minimum absolute atomic E-state index is 0.0840. The third kappa shape index (κ3) is 4.66. The molecule has 2 amide bonds. The predicted molar refractivity (Wildman–Crippen MR) is 116 cm³/mol. The zero-order chi connectivity index (χ0) is 22.7. The zero-order valence-corrected chi connectivity index (χ0v) is 18.8. The van der Waals surface area contributed by atoms with Gasteiger partial charge < -0.3 is 19.4 Å². The highest BCUT2D eigenvalue weighted by Gasteiger charge is 2.35. The lowest BCUT2D eigenvalue weighted by Crippen LogP contribution is -2.35. The molecule has 1 aromatic heterocycles. The van der Waals surface area contributed by atoms with Crippen LogP contribution in [0.4, 0.5) is 5.69 Å². The average Bonchev–Trinajstić information content (AvgIpc) is 3.44. The summed E-state index contributed by atoms with van der Waals surface area (Å²) in [7, 11) is -2.20. The van der Waals surface area contributed by atoms with Crippen molar-refractivity contribution in [3.8, 4) is 5.75 Å². The summed E-state index contributed by atoms with van der Waals surface area (Å²) in [6.45, 7) is 1.55. The molecule has 0 unspecified atom stereocenters. The van der Waals surface area contributed by atoms with Crippen LogP contribution in [-0.4, -0.2) is 56.2 Å². The normalized spacial score (nSPS) is 19.8. The average molecular weight is 462 g/mol. The molecule has 0 saturated carbocycles. The van der Waals surface area contributed by atoms with Crippen molar-refractivity contribution in [3.05, 3.63) is 42.4 Å². The van der Waals surface area contributed by atoms with Gasteiger partial charge in [-0.15, -0.1) is 0 Å². The smallest absolute Gasteiger partial charge is 0.243 e. The number of piperidine rings is 1. The molecule has 0 aliphatic carbocycles. The van der Waals surface area contributed by atoms with E-state index < -0.39 is 15.9 Å². The van der Waals surface area contributed by atoms with Gasteiger partial charge in [0.05, 0.1) is 36.4 Å². The molecule has 1 atom stereocenters. The van der Waals surface area contributed by atoms with Gasteiger partial charge in [-0.05, 0) is 43.2 Å². The number of carbonyl (C=O) groups excluding carboxylic acids is 2. The van der Waals surface area contributed by atoms with Gasteiger partial charge in [0.25, 0.3) is 0 Å². The molecule has 1 aromatic carbocycles. The second-order valence-electron chi connectivity index (χ2n) is 8.07. The zero-order valence-electron chi connectivity index (χ0n) is 18.0. The van der Waals surface area contributed by atoms with E-state index in [-0.39, 0.29) is 35.4 Å². The molecule has 0 radical (unpaired) electrons. The molecule has 2 aromatic rings. The van der Waals surface area contributed by atoms with Gasteiger partial charge in [-0.3, -0.25) is 9.59 Å². The monoisotopic (exact) mass is 461 g/mol. The Kier molecular flexibility index (Phi) is 6.52. The standard InChI is InChI=1S/C22H27N3O6S/c1-30-20-8-7-18(32(28,29)25-9-3-2-4-10-25)13-19(20)23-22(27)16-12-21(26)24(14-16)15-17-6-5-11-31-17/h5-8,11,13,16H,2-4,9-10,12,14-15H2,1H3,(H,23,27)/t16-/m0/s1. The van der Waals surface area contributed by atoms with E-state index in [9.17, 15) is 18.0 Å². The number of rotatable bonds is 7.